The molecule has 2 aromatic rings. The van der Waals surface area contributed by atoms with Gasteiger partial charge in [0.1, 0.15) is 5.01 Å². The quantitative estimate of drug-likeness (QED) is 0.783. The molecule has 1 aromatic carbocycles. The van der Waals surface area contributed by atoms with Gasteiger partial charge >= 0.3 is 6.03 Å². The monoisotopic (exact) mass is 339 g/mol. The molecule has 0 fully saturated rings. The van der Waals surface area contributed by atoms with Gasteiger partial charge < -0.3 is 15.7 Å². The van der Waals surface area contributed by atoms with Crippen molar-refractivity contribution in [1.82, 2.24) is 15.6 Å². The standard InChI is InChI=1S/C15H18ClN3O2S/c1-9-13(10(2)19-15(21)17-7-8-20)22-14(18-9)11-3-5-12(16)6-4-11/h3-6,10,20H,7-8H2,1-2H3,(H2,17,19,21)/t10-/m0/s1. The van der Waals surface area contributed by atoms with Crippen LogP contribution in [0.15, 0.2) is 24.3 Å². The first kappa shape index (κ1) is 16.7. The fourth-order valence-electron chi connectivity index (χ4n) is 2.01. The Labute approximate surface area is 138 Å². The van der Waals surface area contributed by atoms with Gasteiger partial charge in [-0.25, -0.2) is 9.78 Å². The number of benzene rings is 1. The zero-order chi connectivity index (χ0) is 16.1. The van der Waals surface area contributed by atoms with Crippen LogP contribution in [0.3, 0.4) is 0 Å². The number of thiazole rings is 1. The van der Waals surface area contributed by atoms with Gasteiger partial charge in [-0.3, -0.25) is 0 Å². The minimum Gasteiger partial charge on any atom is -0.395 e. The normalized spacial score (nSPS) is 12.0. The van der Waals surface area contributed by atoms with E-state index in [0.29, 0.717) is 5.02 Å². The molecule has 1 aromatic heterocycles. The summed E-state index contributed by atoms with van der Waals surface area (Å²) in [6.07, 6.45) is 0. The van der Waals surface area contributed by atoms with Gasteiger partial charge in [0.2, 0.25) is 0 Å². The number of aryl methyl sites for hydroxylation is 1. The van der Waals surface area contributed by atoms with E-state index in [1.165, 1.54) is 0 Å². The number of carbonyl (C=O) groups excluding carboxylic acids is 1. The Kier molecular flexibility index (Phi) is 5.76. The van der Waals surface area contributed by atoms with E-state index in [9.17, 15) is 4.79 Å². The van der Waals surface area contributed by atoms with Gasteiger partial charge in [-0.1, -0.05) is 23.7 Å². The zero-order valence-corrected chi connectivity index (χ0v) is 14.0. The molecule has 0 saturated carbocycles. The molecular formula is C15H18ClN3O2S. The summed E-state index contributed by atoms with van der Waals surface area (Å²) in [6, 6.07) is 7.06. The summed E-state index contributed by atoms with van der Waals surface area (Å²) in [5.74, 6) is 0. The number of hydrogen-bond acceptors (Lipinski definition) is 4. The first-order valence-electron chi connectivity index (χ1n) is 6.89. The molecule has 0 aliphatic carbocycles. The predicted octanol–water partition coefficient (Wildman–Crippen LogP) is 3.12. The minimum absolute atomic E-state index is 0.0812. The van der Waals surface area contributed by atoms with Crippen LogP contribution in [0.1, 0.15) is 23.5 Å². The SMILES string of the molecule is Cc1nc(-c2ccc(Cl)cc2)sc1[C@H](C)NC(=O)NCCO. The van der Waals surface area contributed by atoms with E-state index < -0.39 is 0 Å². The Morgan fingerprint density at radius 1 is 1.41 bits per heavy atom. The van der Waals surface area contributed by atoms with Gasteiger partial charge in [0.25, 0.3) is 0 Å². The van der Waals surface area contributed by atoms with Crippen LogP contribution in [0.25, 0.3) is 10.6 Å². The lowest BCUT2D eigenvalue weighted by molar-refractivity contribution is 0.231. The first-order valence-corrected chi connectivity index (χ1v) is 8.09. The van der Waals surface area contributed by atoms with E-state index >= 15 is 0 Å². The number of hydrogen-bond donors (Lipinski definition) is 3. The third-order valence-electron chi connectivity index (χ3n) is 3.06. The largest absolute Gasteiger partial charge is 0.395 e. The second-order valence-corrected chi connectivity index (χ2v) is 6.29. The van der Waals surface area contributed by atoms with Gasteiger partial charge in [-0.2, -0.15) is 0 Å². The van der Waals surface area contributed by atoms with Gasteiger partial charge in [0.05, 0.1) is 23.2 Å². The minimum atomic E-state index is -0.303. The molecule has 1 atom stereocenters. The summed E-state index contributed by atoms with van der Waals surface area (Å²) in [5.41, 5.74) is 1.89. The van der Waals surface area contributed by atoms with Crippen LogP contribution in [-0.2, 0) is 0 Å². The maximum atomic E-state index is 11.6. The van der Waals surface area contributed by atoms with Crippen molar-refractivity contribution in [2.45, 2.75) is 19.9 Å². The number of urea groups is 1. The van der Waals surface area contributed by atoms with Crippen molar-refractivity contribution in [3.8, 4) is 10.6 Å². The van der Waals surface area contributed by atoms with Crippen molar-refractivity contribution >= 4 is 29.0 Å². The van der Waals surface area contributed by atoms with E-state index in [1.807, 2.05) is 38.1 Å². The molecule has 0 saturated heterocycles. The van der Waals surface area contributed by atoms with Crippen LogP contribution < -0.4 is 10.6 Å². The molecule has 0 unspecified atom stereocenters. The second kappa shape index (κ2) is 7.58. The summed E-state index contributed by atoms with van der Waals surface area (Å²) in [6.45, 7) is 3.98. The molecule has 0 aliphatic heterocycles. The Balaban J connectivity index is 2.12. The van der Waals surface area contributed by atoms with E-state index in [2.05, 4.69) is 15.6 Å². The van der Waals surface area contributed by atoms with Crippen molar-refractivity contribution in [2.24, 2.45) is 0 Å². The molecule has 0 bridgehead atoms. The zero-order valence-electron chi connectivity index (χ0n) is 12.4. The van der Waals surface area contributed by atoms with E-state index in [1.54, 1.807) is 11.3 Å². The molecule has 3 N–H and O–H groups in total. The van der Waals surface area contributed by atoms with Gasteiger partial charge in [-0.15, -0.1) is 11.3 Å². The Hall–Kier alpha value is -1.63. The fraction of sp³-hybridized carbons (Fsp3) is 0.333. The highest BCUT2D eigenvalue weighted by Crippen LogP contribution is 2.32. The lowest BCUT2D eigenvalue weighted by Gasteiger charge is -2.13. The second-order valence-electron chi connectivity index (χ2n) is 4.82. The maximum Gasteiger partial charge on any atom is 0.315 e. The van der Waals surface area contributed by atoms with Crippen molar-refractivity contribution in [3.63, 3.8) is 0 Å². The lowest BCUT2D eigenvalue weighted by Crippen LogP contribution is -2.38. The highest BCUT2D eigenvalue weighted by molar-refractivity contribution is 7.15. The van der Waals surface area contributed by atoms with Crippen LogP contribution in [0.4, 0.5) is 4.79 Å². The lowest BCUT2D eigenvalue weighted by atomic mass is 10.2. The molecule has 0 aliphatic rings. The van der Waals surface area contributed by atoms with E-state index in [-0.39, 0.29) is 25.2 Å². The highest BCUT2D eigenvalue weighted by atomic mass is 35.5. The molecule has 2 rings (SSSR count). The number of nitrogens with zero attached hydrogens (tertiary/aromatic N) is 1. The number of aromatic nitrogens is 1. The molecule has 1 heterocycles. The smallest absolute Gasteiger partial charge is 0.315 e. The summed E-state index contributed by atoms with van der Waals surface area (Å²) in [5, 5.41) is 15.7. The van der Waals surface area contributed by atoms with Crippen LogP contribution in [0.2, 0.25) is 5.02 Å². The molecule has 0 spiro atoms. The third kappa shape index (κ3) is 4.19. The van der Waals surface area contributed by atoms with E-state index in [0.717, 1.165) is 21.1 Å². The number of aliphatic hydroxyl groups excluding tert-OH is 1. The van der Waals surface area contributed by atoms with E-state index in [4.69, 9.17) is 16.7 Å². The Morgan fingerprint density at radius 3 is 2.73 bits per heavy atom. The maximum absolute atomic E-state index is 11.6. The molecule has 0 radical (unpaired) electrons. The fourth-order valence-corrected chi connectivity index (χ4v) is 3.21. The van der Waals surface area contributed by atoms with Crippen LogP contribution in [-0.4, -0.2) is 29.3 Å². The summed E-state index contributed by atoms with van der Waals surface area (Å²) < 4.78 is 0. The van der Waals surface area contributed by atoms with Crippen LogP contribution in [0.5, 0.6) is 0 Å². The van der Waals surface area contributed by atoms with Gasteiger partial charge in [0.15, 0.2) is 0 Å². The number of nitrogens with one attached hydrogen (secondary N) is 2. The Bertz CT molecular complexity index is 643. The van der Waals surface area contributed by atoms with Crippen molar-refractivity contribution in [2.75, 3.05) is 13.2 Å². The molecular weight excluding hydrogens is 322 g/mol. The molecule has 118 valence electrons. The number of halogens is 1. The number of aliphatic hydroxyl groups is 1. The van der Waals surface area contributed by atoms with Crippen molar-refractivity contribution < 1.29 is 9.90 Å². The predicted molar refractivity (Wildman–Crippen MR) is 89.3 cm³/mol. The summed E-state index contributed by atoms with van der Waals surface area (Å²) in [7, 11) is 0. The number of rotatable bonds is 5. The van der Waals surface area contributed by atoms with Gasteiger partial charge in [0, 0.05) is 17.1 Å². The Morgan fingerprint density at radius 2 is 2.09 bits per heavy atom. The van der Waals surface area contributed by atoms with Crippen molar-refractivity contribution in [1.29, 1.82) is 0 Å². The molecule has 2 amide bonds. The van der Waals surface area contributed by atoms with Gasteiger partial charge in [-0.05, 0) is 26.0 Å². The average molecular weight is 340 g/mol. The number of carbonyl (C=O) groups is 1. The molecule has 22 heavy (non-hydrogen) atoms. The summed E-state index contributed by atoms with van der Waals surface area (Å²) in [4.78, 5) is 17.2. The van der Waals surface area contributed by atoms with Crippen LogP contribution in [0, 0.1) is 6.92 Å². The topological polar surface area (TPSA) is 74.2 Å². The molecule has 7 heteroatoms. The average Bonchev–Trinajstić information content (AvgIpc) is 2.88. The third-order valence-corrected chi connectivity index (χ3v) is 4.70. The number of amides is 2. The molecule has 5 nitrogen and oxygen atoms in total. The van der Waals surface area contributed by atoms with Crippen LogP contribution >= 0.6 is 22.9 Å². The highest BCUT2D eigenvalue weighted by Gasteiger charge is 2.17. The summed E-state index contributed by atoms with van der Waals surface area (Å²) >= 11 is 7.44. The first-order chi connectivity index (χ1) is 10.5. The van der Waals surface area contributed by atoms with Crippen molar-refractivity contribution in [3.05, 3.63) is 39.9 Å².